The summed E-state index contributed by atoms with van der Waals surface area (Å²) in [6, 6.07) is 4.44. The molecule has 6 N–H and O–H groups in total. The molecule has 2 rings (SSSR count). The summed E-state index contributed by atoms with van der Waals surface area (Å²) in [7, 11) is 0. The number of nitrogens with two attached hydrogens (primary N) is 2. The largest absolute Gasteiger partial charge is 0.398 e. The average molecular weight is 397 g/mol. The maximum atomic E-state index is 14.2. The minimum absolute atomic E-state index is 0.00740. The van der Waals surface area contributed by atoms with Crippen molar-refractivity contribution in [1.29, 1.82) is 10.8 Å². The third-order valence-corrected chi connectivity index (χ3v) is 3.79. The van der Waals surface area contributed by atoms with Crippen LogP contribution in [0.25, 0.3) is 5.57 Å². The predicted octanol–water partition coefficient (Wildman–Crippen LogP) is 3.04. The molecule has 0 atom stereocenters. The van der Waals surface area contributed by atoms with Crippen LogP contribution in [0.4, 0.5) is 8.78 Å². The zero-order valence-electron chi connectivity index (χ0n) is 15.9. The summed E-state index contributed by atoms with van der Waals surface area (Å²) < 4.78 is 27.4. The van der Waals surface area contributed by atoms with Crippen LogP contribution in [0.5, 0.6) is 0 Å². The van der Waals surface area contributed by atoms with E-state index in [1.807, 2.05) is 13.8 Å². The molecule has 0 bridgehead atoms. The van der Waals surface area contributed by atoms with Crippen LogP contribution in [0.3, 0.4) is 0 Å². The normalized spacial score (nSPS) is 12.9. The first-order chi connectivity index (χ1) is 13.7. The monoisotopic (exact) mass is 397 g/mol. The van der Waals surface area contributed by atoms with E-state index in [0.29, 0.717) is 6.07 Å². The Labute approximate surface area is 166 Å². The van der Waals surface area contributed by atoms with Gasteiger partial charge in [0.2, 0.25) is 0 Å². The molecule has 1 aromatic heterocycles. The molecule has 7 nitrogen and oxygen atoms in total. The summed E-state index contributed by atoms with van der Waals surface area (Å²) in [5.74, 6) is -1.48. The maximum absolute atomic E-state index is 14.2. The van der Waals surface area contributed by atoms with E-state index in [4.69, 9.17) is 22.3 Å². The zero-order valence-corrected chi connectivity index (χ0v) is 15.9. The van der Waals surface area contributed by atoms with Gasteiger partial charge in [-0.2, -0.15) is 0 Å². The second-order valence-corrected chi connectivity index (χ2v) is 6.31. The zero-order chi connectivity index (χ0) is 21.6. The molecular weight excluding hydrogens is 376 g/mol. The van der Waals surface area contributed by atoms with Crippen molar-refractivity contribution in [2.24, 2.45) is 22.4 Å². The summed E-state index contributed by atoms with van der Waals surface area (Å²) in [6.45, 7) is 3.68. The number of aliphatic imine (C=N–C) groups is 1. The first-order valence-electron chi connectivity index (χ1n) is 8.62. The van der Waals surface area contributed by atoms with Gasteiger partial charge in [-0.05, 0) is 30.4 Å². The molecule has 9 heteroatoms. The molecular formula is C20H21F2N7. The van der Waals surface area contributed by atoms with Gasteiger partial charge in [0.15, 0.2) is 5.82 Å². The number of hydrogen-bond donors (Lipinski definition) is 4. The highest BCUT2D eigenvalue weighted by atomic mass is 19.1. The quantitative estimate of drug-likeness (QED) is 0.338. The summed E-state index contributed by atoms with van der Waals surface area (Å²) in [6.07, 6.45) is 5.52. The number of hydrogen-bond acceptors (Lipinski definition) is 5. The van der Waals surface area contributed by atoms with Crippen LogP contribution in [0.2, 0.25) is 0 Å². The highest BCUT2D eigenvalue weighted by molar-refractivity contribution is 6.30. The molecule has 0 saturated heterocycles. The Morgan fingerprint density at radius 3 is 2.34 bits per heavy atom. The van der Waals surface area contributed by atoms with Crippen LogP contribution >= 0.6 is 0 Å². The van der Waals surface area contributed by atoms with E-state index in [9.17, 15) is 8.78 Å². The van der Waals surface area contributed by atoms with Crippen LogP contribution in [-0.2, 0) is 0 Å². The van der Waals surface area contributed by atoms with Crippen molar-refractivity contribution in [2.45, 2.75) is 13.8 Å². The molecule has 1 aromatic carbocycles. The van der Waals surface area contributed by atoms with Crippen molar-refractivity contribution in [3.8, 4) is 0 Å². The van der Waals surface area contributed by atoms with E-state index in [2.05, 4.69) is 15.0 Å². The second-order valence-electron chi connectivity index (χ2n) is 6.31. The topological polar surface area (TPSA) is 138 Å². The summed E-state index contributed by atoms with van der Waals surface area (Å²) in [5, 5.41) is 16.3. The molecule has 0 fully saturated rings. The van der Waals surface area contributed by atoms with Gasteiger partial charge >= 0.3 is 0 Å². The molecule has 0 unspecified atom stereocenters. The number of nitrogens with one attached hydrogen (secondary N) is 2. The molecule has 0 amide bonds. The van der Waals surface area contributed by atoms with Gasteiger partial charge in [0.25, 0.3) is 0 Å². The van der Waals surface area contributed by atoms with E-state index < -0.39 is 11.6 Å². The molecule has 29 heavy (non-hydrogen) atoms. The number of rotatable bonds is 6. The predicted molar refractivity (Wildman–Crippen MR) is 110 cm³/mol. The van der Waals surface area contributed by atoms with Crippen molar-refractivity contribution in [3.05, 3.63) is 77.5 Å². The minimum atomic E-state index is -0.915. The molecule has 0 radical (unpaired) electrons. The number of aromatic nitrogens is 2. The third-order valence-electron chi connectivity index (χ3n) is 3.79. The van der Waals surface area contributed by atoms with E-state index in [-0.39, 0.29) is 46.0 Å². The van der Waals surface area contributed by atoms with Crippen LogP contribution in [0.15, 0.2) is 59.5 Å². The smallest absolute Gasteiger partial charge is 0.163 e. The summed E-state index contributed by atoms with van der Waals surface area (Å²) in [5.41, 5.74) is 11.4. The molecule has 0 spiro atoms. The lowest BCUT2D eigenvalue weighted by Crippen LogP contribution is -2.20. The van der Waals surface area contributed by atoms with Crippen molar-refractivity contribution in [1.82, 2.24) is 9.97 Å². The maximum Gasteiger partial charge on any atom is 0.163 e. The van der Waals surface area contributed by atoms with Crippen molar-refractivity contribution in [2.75, 3.05) is 0 Å². The Balaban J connectivity index is 2.50. The molecule has 0 aliphatic heterocycles. The fourth-order valence-electron chi connectivity index (χ4n) is 2.20. The lowest BCUT2D eigenvalue weighted by molar-refractivity contribution is 0.582. The Hall–Kier alpha value is -3.75. The van der Waals surface area contributed by atoms with Crippen molar-refractivity contribution in [3.63, 3.8) is 0 Å². The number of halogens is 2. The average Bonchev–Trinajstić information content (AvgIpc) is 2.67. The number of amidine groups is 2. The number of benzene rings is 1. The fourth-order valence-corrected chi connectivity index (χ4v) is 2.20. The van der Waals surface area contributed by atoms with E-state index in [1.54, 1.807) is 6.07 Å². The van der Waals surface area contributed by atoms with E-state index in [1.165, 1.54) is 24.5 Å². The second kappa shape index (κ2) is 9.45. The van der Waals surface area contributed by atoms with Crippen LogP contribution in [0.1, 0.15) is 25.2 Å². The Morgan fingerprint density at radius 1 is 1.10 bits per heavy atom. The summed E-state index contributed by atoms with van der Waals surface area (Å²) >= 11 is 0. The molecule has 1 heterocycles. The highest BCUT2D eigenvalue weighted by Crippen LogP contribution is 2.21. The van der Waals surface area contributed by atoms with Crippen molar-refractivity contribution >= 4 is 23.0 Å². The SMILES string of the molecule is CC(C)C(N)=NC(=N)C=CC(N)=C(C(=N)c1ccc(F)cc1F)c1ncccn1. The van der Waals surface area contributed by atoms with Crippen LogP contribution < -0.4 is 11.5 Å². The minimum Gasteiger partial charge on any atom is -0.398 e. The first-order valence-corrected chi connectivity index (χ1v) is 8.62. The molecule has 150 valence electrons. The van der Waals surface area contributed by atoms with Gasteiger partial charge in [-0.25, -0.2) is 23.7 Å². The molecule has 0 aliphatic carbocycles. The standard InChI is InChI=1S/C20H21F2N7/c1-11(2)19(26)29-16(24)7-6-15(23)17(20-27-8-3-9-28-20)18(25)13-5-4-12(21)10-14(13)22/h3-11,25H,23H2,1-2H3,(H3,24,26,29). The Kier molecular flexibility index (Phi) is 7.02. The lowest BCUT2D eigenvalue weighted by atomic mass is 9.99. The fraction of sp³-hybridized carbons (Fsp3) is 0.150. The van der Waals surface area contributed by atoms with E-state index in [0.717, 1.165) is 12.1 Å². The van der Waals surface area contributed by atoms with Gasteiger partial charge in [0.05, 0.1) is 11.3 Å². The van der Waals surface area contributed by atoms with Crippen LogP contribution in [-0.4, -0.2) is 27.4 Å². The van der Waals surface area contributed by atoms with Gasteiger partial charge in [-0.3, -0.25) is 10.8 Å². The van der Waals surface area contributed by atoms with E-state index >= 15 is 0 Å². The third kappa shape index (κ3) is 5.61. The van der Waals surface area contributed by atoms with Crippen molar-refractivity contribution < 1.29 is 8.78 Å². The first kappa shape index (κ1) is 21.5. The highest BCUT2D eigenvalue weighted by Gasteiger charge is 2.19. The van der Waals surface area contributed by atoms with Gasteiger partial charge in [-0.1, -0.05) is 13.8 Å². The number of nitrogens with zero attached hydrogens (tertiary/aromatic N) is 3. The van der Waals surface area contributed by atoms with Gasteiger partial charge < -0.3 is 11.5 Å². The number of allylic oxidation sites excluding steroid dienone is 2. The van der Waals surface area contributed by atoms with Gasteiger partial charge in [0, 0.05) is 35.6 Å². The Bertz CT molecular complexity index is 1010. The molecule has 2 aromatic rings. The lowest BCUT2D eigenvalue weighted by Gasteiger charge is -2.11. The molecule has 0 aliphatic rings. The van der Waals surface area contributed by atoms with Gasteiger partial charge in [-0.15, -0.1) is 0 Å². The van der Waals surface area contributed by atoms with Gasteiger partial charge in [0.1, 0.15) is 23.3 Å². The van der Waals surface area contributed by atoms with Crippen LogP contribution in [0, 0.1) is 28.4 Å². The molecule has 0 saturated carbocycles. The Morgan fingerprint density at radius 2 is 1.76 bits per heavy atom. The summed E-state index contributed by atoms with van der Waals surface area (Å²) in [4.78, 5) is 12.1.